The fraction of sp³-hybridized carbons (Fsp3) is 0.400. The van der Waals surface area contributed by atoms with E-state index >= 15 is 0 Å². The molecule has 0 bridgehead atoms. The van der Waals surface area contributed by atoms with Crippen molar-refractivity contribution in [2.75, 3.05) is 0 Å². The maximum atomic E-state index is 11.4. The van der Waals surface area contributed by atoms with E-state index in [9.17, 15) is 4.79 Å². The number of hydrogen-bond acceptors (Lipinski definition) is 3. The highest BCUT2D eigenvalue weighted by Gasteiger charge is 2.05. The van der Waals surface area contributed by atoms with Gasteiger partial charge >= 0.3 is 6.09 Å². The number of benzene rings is 1. The van der Waals surface area contributed by atoms with Gasteiger partial charge in [0.25, 0.3) is 0 Å². The van der Waals surface area contributed by atoms with Crippen molar-refractivity contribution in [1.82, 2.24) is 10.9 Å². The number of rotatable bonds is 4. The summed E-state index contributed by atoms with van der Waals surface area (Å²) in [4.78, 5) is 11.4. The van der Waals surface area contributed by atoms with Gasteiger partial charge in [-0.15, -0.1) is 0 Å². The zero-order chi connectivity index (χ0) is 13.3. The number of ether oxygens (including phenoxy) is 1. The van der Waals surface area contributed by atoms with Crippen LogP contribution in [0.1, 0.15) is 37.7 Å². The molecule has 19 heavy (non-hydrogen) atoms. The van der Waals surface area contributed by atoms with Crippen LogP contribution < -0.4 is 10.9 Å². The van der Waals surface area contributed by atoms with Crippen LogP contribution in [0.2, 0.25) is 0 Å². The molecule has 0 heterocycles. The molecule has 1 fully saturated rings. The van der Waals surface area contributed by atoms with Crippen molar-refractivity contribution < 1.29 is 9.53 Å². The van der Waals surface area contributed by atoms with Gasteiger partial charge in [0, 0.05) is 6.20 Å². The van der Waals surface area contributed by atoms with Crippen molar-refractivity contribution in [2.45, 2.75) is 38.7 Å². The lowest BCUT2D eigenvalue weighted by Gasteiger charge is -2.14. The lowest BCUT2D eigenvalue weighted by atomic mass is 9.96. The van der Waals surface area contributed by atoms with Gasteiger partial charge in [0.05, 0.1) is 0 Å². The van der Waals surface area contributed by atoms with Crippen molar-refractivity contribution in [3.8, 4) is 0 Å². The van der Waals surface area contributed by atoms with E-state index in [1.807, 2.05) is 36.5 Å². The van der Waals surface area contributed by atoms with Crippen LogP contribution >= 0.6 is 0 Å². The van der Waals surface area contributed by atoms with Crippen LogP contribution in [0.25, 0.3) is 0 Å². The van der Waals surface area contributed by atoms with E-state index in [1.165, 1.54) is 24.8 Å². The average Bonchev–Trinajstić information content (AvgIpc) is 2.47. The minimum Gasteiger partial charge on any atom is -0.443 e. The largest absolute Gasteiger partial charge is 0.443 e. The second-order valence-corrected chi connectivity index (χ2v) is 4.69. The first kappa shape index (κ1) is 13.5. The van der Waals surface area contributed by atoms with Crippen molar-refractivity contribution in [1.29, 1.82) is 0 Å². The summed E-state index contributed by atoms with van der Waals surface area (Å²) in [6, 6.07) is 9.61. The van der Waals surface area contributed by atoms with E-state index < -0.39 is 6.09 Å². The van der Waals surface area contributed by atoms with Crippen LogP contribution in [-0.2, 0) is 11.3 Å². The van der Waals surface area contributed by atoms with Gasteiger partial charge in [0.2, 0.25) is 0 Å². The third kappa shape index (κ3) is 5.04. The minimum atomic E-state index is -0.462. The molecular formula is C15H20N2O2. The predicted molar refractivity (Wildman–Crippen MR) is 74.1 cm³/mol. The van der Waals surface area contributed by atoms with Gasteiger partial charge in [-0.05, 0) is 31.2 Å². The molecular weight excluding hydrogens is 240 g/mol. The monoisotopic (exact) mass is 260 g/mol. The molecule has 0 unspecified atom stereocenters. The maximum absolute atomic E-state index is 11.4. The fourth-order valence-electron chi connectivity index (χ4n) is 2.11. The van der Waals surface area contributed by atoms with Gasteiger partial charge in [-0.1, -0.05) is 42.3 Å². The highest BCUT2D eigenvalue weighted by molar-refractivity contribution is 5.66. The Morgan fingerprint density at radius 3 is 2.63 bits per heavy atom. The number of hydrazine groups is 1. The summed E-state index contributed by atoms with van der Waals surface area (Å²) in [7, 11) is 0. The zero-order valence-electron chi connectivity index (χ0n) is 11.0. The summed E-state index contributed by atoms with van der Waals surface area (Å²) in [6.07, 6.45) is 7.45. The lowest BCUT2D eigenvalue weighted by Crippen LogP contribution is -2.34. The van der Waals surface area contributed by atoms with Crippen LogP contribution in [0.15, 0.2) is 42.1 Å². The van der Waals surface area contributed by atoms with Crippen LogP contribution in [0.4, 0.5) is 4.79 Å². The van der Waals surface area contributed by atoms with Gasteiger partial charge in [-0.25, -0.2) is 10.2 Å². The molecule has 1 aromatic rings. The molecule has 1 aliphatic rings. The molecule has 0 saturated heterocycles. The number of amides is 1. The third-order valence-corrected chi connectivity index (χ3v) is 3.16. The van der Waals surface area contributed by atoms with Gasteiger partial charge in [0.15, 0.2) is 0 Å². The molecule has 4 nitrogen and oxygen atoms in total. The SMILES string of the molecule is O=C(NNC=C1CCCCC1)OCc1ccccc1. The molecule has 1 saturated carbocycles. The first-order valence-corrected chi connectivity index (χ1v) is 6.75. The summed E-state index contributed by atoms with van der Waals surface area (Å²) in [5.74, 6) is 0. The van der Waals surface area contributed by atoms with E-state index in [4.69, 9.17) is 4.74 Å². The quantitative estimate of drug-likeness (QED) is 0.817. The molecule has 0 radical (unpaired) electrons. The molecule has 2 N–H and O–H groups in total. The van der Waals surface area contributed by atoms with Crippen molar-refractivity contribution in [2.24, 2.45) is 0 Å². The van der Waals surface area contributed by atoms with E-state index in [1.54, 1.807) is 0 Å². The summed E-state index contributed by atoms with van der Waals surface area (Å²) in [5.41, 5.74) is 7.65. The first-order chi connectivity index (χ1) is 9.34. The highest BCUT2D eigenvalue weighted by Crippen LogP contribution is 2.21. The Bertz CT molecular complexity index is 421. The molecule has 1 aliphatic carbocycles. The maximum Gasteiger partial charge on any atom is 0.426 e. The highest BCUT2D eigenvalue weighted by atomic mass is 16.6. The van der Waals surface area contributed by atoms with E-state index in [-0.39, 0.29) is 6.61 Å². The van der Waals surface area contributed by atoms with Crippen molar-refractivity contribution in [3.05, 3.63) is 47.7 Å². The molecule has 1 amide bonds. The van der Waals surface area contributed by atoms with Crippen LogP contribution in [0.3, 0.4) is 0 Å². The summed E-state index contributed by atoms with van der Waals surface area (Å²) in [5, 5.41) is 0. The molecule has 0 aliphatic heterocycles. The second kappa shape index (κ2) is 7.46. The summed E-state index contributed by atoms with van der Waals surface area (Å²) >= 11 is 0. The molecule has 2 rings (SSSR count). The molecule has 1 aromatic carbocycles. The lowest BCUT2D eigenvalue weighted by molar-refractivity contribution is 0.136. The Balaban J connectivity index is 1.64. The van der Waals surface area contributed by atoms with Crippen LogP contribution in [-0.4, -0.2) is 6.09 Å². The number of carbonyl (C=O) groups excluding carboxylic acids is 1. The van der Waals surface area contributed by atoms with Gasteiger partial charge < -0.3 is 10.2 Å². The molecule has 102 valence electrons. The first-order valence-electron chi connectivity index (χ1n) is 6.75. The normalized spacial score (nSPS) is 14.6. The van der Waals surface area contributed by atoms with Crippen LogP contribution in [0.5, 0.6) is 0 Å². The fourth-order valence-corrected chi connectivity index (χ4v) is 2.11. The molecule has 0 aromatic heterocycles. The van der Waals surface area contributed by atoms with Crippen LogP contribution in [0, 0.1) is 0 Å². The van der Waals surface area contributed by atoms with Crippen molar-refractivity contribution in [3.63, 3.8) is 0 Å². The third-order valence-electron chi connectivity index (χ3n) is 3.16. The van der Waals surface area contributed by atoms with E-state index in [0.717, 1.165) is 18.4 Å². The molecule has 4 heteroatoms. The molecule has 0 atom stereocenters. The Labute approximate surface area is 113 Å². The zero-order valence-corrected chi connectivity index (χ0v) is 11.0. The Hall–Kier alpha value is -1.97. The topological polar surface area (TPSA) is 50.4 Å². The smallest absolute Gasteiger partial charge is 0.426 e. The molecule has 0 spiro atoms. The van der Waals surface area contributed by atoms with Gasteiger partial charge in [0.1, 0.15) is 6.61 Å². The van der Waals surface area contributed by atoms with Crippen molar-refractivity contribution >= 4 is 6.09 Å². The minimum absolute atomic E-state index is 0.283. The van der Waals surface area contributed by atoms with E-state index in [0.29, 0.717) is 0 Å². The number of hydrogen-bond donors (Lipinski definition) is 2. The second-order valence-electron chi connectivity index (χ2n) is 4.69. The number of carbonyl (C=O) groups is 1. The Kier molecular flexibility index (Phi) is 5.29. The Morgan fingerprint density at radius 2 is 1.89 bits per heavy atom. The van der Waals surface area contributed by atoms with E-state index in [2.05, 4.69) is 10.9 Å². The van der Waals surface area contributed by atoms with Gasteiger partial charge in [-0.2, -0.15) is 0 Å². The summed E-state index contributed by atoms with van der Waals surface area (Å²) in [6.45, 7) is 0.283. The number of allylic oxidation sites excluding steroid dienone is 1. The Morgan fingerprint density at radius 1 is 1.16 bits per heavy atom. The van der Waals surface area contributed by atoms with Gasteiger partial charge in [-0.3, -0.25) is 0 Å². The number of nitrogens with one attached hydrogen (secondary N) is 2. The standard InChI is InChI=1S/C15H20N2O2/c18-15(19-12-14-9-5-2-6-10-14)17-16-11-13-7-3-1-4-8-13/h2,5-6,9-11,16H,1,3-4,7-8,12H2,(H,17,18). The predicted octanol–water partition coefficient (Wildman–Crippen LogP) is 3.27. The average molecular weight is 260 g/mol. The summed E-state index contributed by atoms with van der Waals surface area (Å²) < 4.78 is 5.08.